The highest BCUT2D eigenvalue weighted by Crippen LogP contribution is 2.26. The minimum absolute atomic E-state index is 0.0240. The van der Waals surface area contributed by atoms with E-state index in [1.807, 2.05) is 31.2 Å². The SMILES string of the molecule is CCC#CC[C@H](O)C/C=C1/C(=O)C=C[C@@H]1C/C=C\CCCC(=O)OC. The second kappa shape index (κ2) is 12.3. The Kier molecular flexibility index (Phi) is 10.3. The molecule has 0 saturated heterocycles. The van der Waals surface area contributed by atoms with Gasteiger partial charge < -0.3 is 9.84 Å². The summed E-state index contributed by atoms with van der Waals surface area (Å²) in [7, 11) is 1.39. The maximum absolute atomic E-state index is 12.0. The van der Waals surface area contributed by atoms with Gasteiger partial charge >= 0.3 is 5.97 Å². The van der Waals surface area contributed by atoms with E-state index in [1.165, 1.54) is 7.11 Å². The summed E-state index contributed by atoms with van der Waals surface area (Å²) in [5.74, 6) is 5.76. The molecule has 0 spiro atoms. The summed E-state index contributed by atoms with van der Waals surface area (Å²) in [6.07, 6.45) is 13.3. The number of rotatable bonds is 9. The van der Waals surface area contributed by atoms with E-state index in [4.69, 9.17) is 0 Å². The molecule has 4 heteroatoms. The molecule has 0 saturated carbocycles. The van der Waals surface area contributed by atoms with Gasteiger partial charge in [0.2, 0.25) is 0 Å². The van der Waals surface area contributed by atoms with Crippen molar-refractivity contribution in [1.29, 1.82) is 0 Å². The van der Waals surface area contributed by atoms with Gasteiger partial charge in [-0.15, -0.1) is 11.8 Å². The first-order valence-corrected chi connectivity index (χ1v) is 8.86. The van der Waals surface area contributed by atoms with Crippen LogP contribution in [0.25, 0.3) is 0 Å². The van der Waals surface area contributed by atoms with Gasteiger partial charge in [0.05, 0.1) is 13.2 Å². The Bertz CT molecular complexity index is 587. The fraction of sp³-hybridized carbons (Fsp3) is 0.524. The standard InChI is InChI=1S/C21H28O4/c1-3-4-7-11-18(22)14-15-19-17(13-16-20(19)23)10-8-5-6-9-12-21(24)25-2/h5,8,13,15-18,22H,3,6,9-12,14H2,1-2H3/b8-5-,19-15+/t17-,18-/m0/s1. The molecule has 0 aromatic rings. The molecule has 136 valence electrons. The molecule has 0 bridgehead atoms. The summed E-state index contributed by atoms with van der Waals surface area (Å²) in [4.78, 5) is 23.0. The molecule has 25 heavy (non-hydrogen) atoms. The molecular weight excluding hydrogens is 316 g/mol. The number of carbonyl (C=O) groups is 2. The van der Waals surface area contributed by atoms with E-state index in [9.17, 15) is 14.7 Å². The topological polar surface area (TPSA) is 63.6 Å². The lowest BCUT2D eigenvalue weighted by Crippen LogP contribution is -2.07. The van der Waals surface area contributed by atoms with Crippen LogP contribution in [-0.4, -0.2) is 30.1 Å². The van der Waals surface area contributed by atoms with Gasteiger partial charge in [-0.25, -0.2) is 0 Å². The van der Waals surface area contributed by atoms with E-state index in [0.29, 0.717) is 19.3 Å². The Morgan fingerprint density at radius 2 is 2.20 bits per heavy atom. The van der Waals surface area contributed by atoms with Crippen molar-refractivity contribution in [1.82, 2.24) is 0 Å². The van der Waals surface area contributed by atoms with E-state index < -0.39 is 6.10 Å². The summed E-state index contributed by atoms with van der Waals surface area (Å²) in [5, 5.41) is 9.92. The van der Waals surface area contributed by atoms with Crippen LogP contribution in [0.1, 0.15) is 51.9 Å². The average Bonchev–Trinajstić information content (AvgIpc) is 2.96. The van der Waals surface area contributed by atoms with Gasteiger partial charge in [-0.3, -0.25) is 9.59 Å². The van der Waals surface area contributed by atoms with Crippen LogP contribution in [0, 0.1) is 17.8 Å². The zero-order valence-corrected chi connectivity index (χ0v) is 15.2. The fourth-order valence-electron chi connectivity index (χ4n) is 2.53. The third kappa shape index (κ3) is 8.51. The normalized spacial score (nSPS) is 19.2. The monoisotopic (exact) mass is 344 g/mol. The number of esters is 1. The van der Waals surface area contributed by atoms with Crippen molar-refractivity contribution in [2.75, 3.05) is 7.11 Å². The van der Waals surface area contributed by atoms with Crippen molar-refractivity contribution in [2.24, 2.45) is 5.92 Å². The highest BCUT2D eigenvalue weighted by Gasteiger charge is 2.21. The minimum atomic E-state index is -0.533. The molecule has 1 aliphatic rings. The summed E-state index contributed by atoms with van der Waals surface area (Å²) in [6, 6.07) is 0. The van der Waals surface area contributed by atoms with Crippen LogP contribution < -0.4 is 0 Å². The van der Waals surface area contributed by atoms with Crippen LogP contribution in [0.5, 0.6) is 0 Å². The number of aliphatic hydroxyl groups is 1. The predicted molar refractivity (Wildman–Crippen MR) is 98.7 cm³/mol. The van der Waals surface area contributed by atoms with Crippen LogP contribution >= 0.6 is 0 Å². The van der Waals surface area contributed by atoms with E-state index in [0.717, 1.165) is 31.3 Å². The smallest absolute Gasteiger partial charge is 0.305 e. The average molecular weight is 344 g/mol. The van der Waals surface area contributed by atoms with Crippen LogP contribution in [0.3, 0.4) is 0 Å². The van der Waals surface area contributed by atoms with Gasteiger partial charge in [0, 0.05) is 30.8 Å². The molecule has 0 fully saturated rings. The number of hydrogen-bond acceptors (Lipinski definition) is 4. The van der Waals surface area contributed by atoms with Crippen LogP contribution in [0.2, 0.25) is 0 Å². The van der Waals surface area contributed by atoms with Crippen LogP contribution in [-0.2, 0) is 14.3 Å². The Labute approximate surface area is 150 Å². The number of aliphatic hydroxyl groups excluding tert-OH is 1. The van der Waals surface area contributed by atoms with Gasteiger partial charge in [0.15, 0.2) is 5.78 Å². The van der Waals surface area contributed by atoms with Gasteiger partial charge in [-0.05, 0) is 31.8 Å². The number of unbranched alkanes of at least 4 members (excludes halogenated alkanes) is 1. The maximum Gasteiger partial charge on any atom is 0.305 e. The van der Waals surface area contributed by atoms with Crippen molar-refractivity contribution in [3.8, 4) is 11.8 Å². The first kappa shape index (κ1) is 20.9. The molecule has 1 aliphatic carbocycles. The zero-order chi connectivity index (χ0) is 18.5. The molecular formula is C21H28O4. The number of carbonyl (C=O) groups excluding carboxylic acids is 2. The lowest BCUT2D eigenvalue weighted by molar-refractivity contribution is -0.140. The van der Waals surface area contributed by atoms with E-state index in [-0.39, 0.29) is 17.7 Å². The molecule has 2 atom stereocenters. The summed E-state index contributed by atoms with van der Waals surface area (Å²) in [5.41, 5.74) is 0.752. The Morgan fingerprint density at radius 1 is 1.40 bits per heavy atom. The number of ketones is 1. The lowest BCUT2D eigenvalue weighted by atomic mass is 9.96. The quantitative estimate of drug-likeness (QED) is 0.229. The fourth-order valence-corrected chi connectivity index (χ4v) is 2.53. The Hall–Kier alpha value is -2.12. The van der Waals surface area contributed by atoms with Crippen molar-refractivity contribution < 1.29 is 19.4 Å². The van der Waals surface area contributed by atoms with Gasteiger partial charge in [-0.1, -0.05) is 31.2 Å². The molecule has 0 aromatic carbocycles. The Morgan fingerprint density at radius 3 is 2.92 bits per heavy atom. The third-order valence-electron chi connectivity index (χ3n) is 3.95. The van der Waals surface area contributed by atoms with Crippen molar-refractivity contribution in [3.05, 3.63) is 36.0 Å². The van der Waals surface area contributed by atoms with Gasteiger partial charge in [0.1, 0.15) is 0 Å². The number of methoxy groups -OCH3 is 1. The number of ether oxygens (including phenoxy) is 1. The molecule has 0 unspecified atom stereocenters. The van der Waals surface area contributed by atoms with Crippen molar-refractivity contribution in [3.63, 3.8) is 0 Å². The minimum Gasteiger partial charge on any atom is -0.469 e. The lowest BCUT2D eigenvalue weighted by Gasteiger charge is -2.09. The molecule has 0 heterocycles. The number of allylic oxidation sites excluding steroid dienone is 5. The molecule has 1 N–H and O–H groups in total. The molecule has 0 radical (unpaired) electrons. The molecule has 4 nitrogen and oxygen atoms in total. The largest absolute Gasteiger partial charge is 0.469 e. The van der Waals surface area contributed by atoms with E-state index in [1.54, 1.807) is 6.08 Å². The Balaban J connectivity index is 2.42. The van der Waals surface area contributed by atoms with Crippen molar-refractivity contribution in [2.45, 2.75) is 58.0 Å². The van der Waals surface area contributed by atoms with Crippen LogP contribution in [0.4, 0.5) is 0 Å². The predicted octanol–water partition coefficient (Wildman–Crippen LogP) is 3.51. The zero-order valence-electron chi connectivity index (χ0n) is 15.2. The molecule has 0 aromatic heterocycles. The number of hydrogen-bond donors (Lipinski definition) is 1. The molecule has 0 aliphatic heterocycles. The second-order valence-electron chi connectivity index (χ2n) is 5.97. The van der Waals surface area contributed by atoms with E-state index in [2.05, 4.69) is 16.6 Å². The van der Waals surface area contributed by atoms with Crippen LogP contribution in [0.15, 0.2) is 36.0 Å². The van der Waals surface area contributed by atoms with Gasteiger partial charge in [0.25, 0.3) is 0 Å². The summed E-state index contributed by atoms with van der Waals surface area (Å²) < 4.78 is 4.59. The van der Waals surface area contributed by atoms with E-state index >= 15 is 0 Å². The first-order chi connectivity index (χ1) is 12.1. The maximum atomic E-state index is 12.0. The summed E-state index contributed by atoms with van der Waals surface area (Å²) >= 11 is 0. The first-order valence-electron chi connectivity index (χ1n) is 8.86. The second-order valence-corrected chi connectivity index (χ2v) is 5.97. The van der Waals surface area contributed by atoms with Crippen molar-refractivity contribution >= 4 is 11.8 Å². The molecule has 0 amide bonds. The molecule has 1 rings (SSSR count). The third-order valence-corrected chi connectivity index (χ3v) is 3.95. The highest BCUT2D eigenvalue weighted by molar-refractivity contribution is 6.07. The van der Waals surface area contributed by atoms with Gasteiger partial charge in [-0.2, -0.15) is 0 Å². The summed E-state index contributed by atoms with van der Waals surface area (Å²) in [6.45, 7) is 1.97. The highest BCUT2D eigenvalue weighted by atomic mass is 16.5.